The Morgan fingerprint density at radius 1 is 0.944 bits per heavy atom. The molecule has 0 saturated heterocycles. The topological polar surface area (TPSA) is 23.8 Å². The molecule has 0 N–H and O–H groups in total. The fourth-order valence-electron chi connectivity index (χ4n) is 2.76. The molecule has 18 heavy (non-hydrogen) atoms. The molecular formula is C15H25Cl2N. The van der Waals surface area contributed by atoms with Crippen LogP contribution in [0.1, 0.15) is 64.2 Å². The molecule has 104 valence electrons. The molecule has 0 spiro atoms. The molecule has 1 aliphatic rings. The minimum atomic E-state index is 0.164. The van der Waals surface area contributed by atoms with Gasteiger partial charge in [-0.15, -0.1) is 23.2 Å². The summed E-state index contributed by atoms with van der Waals surface area (Å²) in [6.45, 7) is 0. The molecule has 3 heteroatoms. The Hall–Kier alpha value is 0.0700. The van der Waals surface area contributed by atoms with E-state index < -0.39 is 0 Å². The molecule has 1 nitrogen and oxygen atoms in total. The third kappa shape index (κ3) is 6.86. The second kappa shape index (κ2) is 9.93. The molecule has 0 aliphatic heterocycles. The molecular weight excluding hydrogens is 265 g/mol. The number of halogens is 2. The molecule has 3 atom stereocenters. The Labute approximate surface area is 122 Å². The lowest BCUT2D eigenvalue weighted by atomic mass is 9.95. The Bertz CT molecular complexity index is 249. The van der Waals surface area contributed by atoms with Gasteiger partial charge in [0.2, 0.25) is 0 Å². The molecule has 1 rings (SSSR count). The summed E-state index contributed by atoms with van der Waals surface area (Å²) in [5, 5.41) is 9.31. The van der Waals surface area contributed by atoms with Crippen LogP contribution >= 0.6 is 23.2 Å². The maximum absolute atomic E-state index is 9.12. The second-order valence-corrected chi connectivity index (χ2v) is 6.53. The zero-order valence-electron chi connectivity index (χ0n) is 11.2. The maximum atomic E-state index is 9.12. The van der Waals surface area contributed by atoms with E-state index in [1.54, 1.807) is 0 Å². The van der Waals surface area contributed by atoms with Crippen LogP contribution in [0.2, 0.25) is 0 Å². The fraction of sp³-hybridized carbons (Fsp3) is 0.933. The first-order valence-electron chi connectivity index (χ1n) is 7.36. The Balaban J connectivity index is 2.42. The SMILES string of the molecule is N#CC1CCCCCC(CCl)CCCCC(Cl)C1. The van der Waals surface area contributed by atoms with Crippen molar-refractivity contribution in [3.63, 3.8) is 0 Å². The summed E-state index contributed by atoms with van der Waals surface area (Å²) in [5.41, 5.74) is 0. The fourth-order valence-corrected chi connectivity index (χ4v) is 3.44. The van der Waals surface area contributed by atoms with Crippen LogP contribution in [0.3, 0.4) is 0 Å². The predicted octanol–water partition coefficient (Wildman–Crippen LogP) is 5.50. The van der Waals surface area contributed by atoms with Crippen molar-refractivity contribution in [3.05, 3.63) is 0 Å². The van der Waals surface area contributed by atoms with Gasteiger partial charge in [-0.1, -0.05) is 32.1 Å². The number of rotatable bonds is 1. The third-order valence-electron chi connectivity index (χ3n) is 3.99. The monoisotopic (exact) mass is 289 g/mol. The van der Waals surface area contributed by atoms with Crippen LogP contribution in [-0.4, -0.2) is 11.3 Å². The Morgan fingerprint density at radius 3 is 2.22 bits per heavy atom. The van der Waals surface area contributed by atoms with E-state index in [4.69, 9.17) is 28.5 Å². The minimum Gasteiger partial charge on any atom is -0.198 e. The van der Waals surface area contributed by atoms with E-state index in [1.165, 1.54) is 38.5 Å². The van der Waals surface area contributed by atoms with Gasteiger partial charge in [0.15, 0.2) is 0 Å². The number of alkyl halides is 2. The van der Waals surface area contributed by atoms with E-state index in [0.717, 1.165) is 31.6 Å². The average Bonchev–Trinajstić information content (AvgIpc) is 2.40. The molecule has 0 bridgehead atoms. The molecule has 0 aromatic carbocycles. The van der Waals surface area contributed by atoms with Gasteiger partial charge in [0.25, 0.3) is 0 Å². The predicted molar refractivity (Wildman–Crippen MR) is 79.1 cm³/mol. The van der Waals surface area contributed by atoms with Crippen molar-refractivity contribution < 1.29 is 0 Å². The van der Waals surface area contributed by atoms with E-state index in [9.17, 15) is 0 Å². The first kappa shape index (κ1) is 16.1. The van der Waals surface area contributed by atoms with Crippen molar-refractivity contribution in [2.75, 3.05) is 5.88 Å². The second-order valence-electron chi connectivity index (χ2n) is 5.60. The number of nitriles is 1. The number of hydrogen-bond acceptors (Lipinski definition) is 1. The first-order valence-corrected chi connectivity index (χ1v) is 8.33. The van der Waals surface area contributed by atoms with Crippen LogP contribution in [0.4, 0.5) is 0 Å². The summed E-state index contributed by atoms with van der Waals surface area (Å²) in [4.78, 5) is 0. The van der Waals surface area contributed by atoms with Crippen LogP contribution in [0.5, 0.6) is 0 Å². The molecule has 0 heterocycles. The number of hydrogen-bond donors (Lipinski definition) is 0. The zero-order chi connectivity index (χ0) is 13.2. The van der Waals surface area contributed by atoms with Crippen molar-refractivity contribution >= 4 is 23.2 Å². The van der Waals surface area contributed by atoms with Crippen molar-refractivity contribution in [1.29, 1.82) is 5.26 Å². The van der Waals surface area contributed by atoms with Crippen molar-refractivity contribution in [1.82, 2.24) is 0 Å². The van der Waals surface area contributed by atoms with Gasteiger partial charge in [-0.25, -0.2) is 0 Å². The largest absolute Gasteiger partial charge is 0.198 e. The van der Waals surface area contributed by atoms with Gasteiger partial charge in [0.05, 0.1) is 6.07 Å². The lowest BCUT2D eigenvalue weighted by Gasteiger charge is -2.14. The molecule has 0 aromatic rings. The lowest BCUT2D eigenvalue weighted by molar-refractivity contribution is 0.442. The summed E-state index contributed by atoms with van der Waals surface area (Å²) in [7, 11) is 0. The summed E-state index contributed by atoms with van der Waals surface area (Å²) in [6, 6.07) is 2.42. The summed E-state index contributed by atoms with van der Waals surface area (Å²) >= 11 is 12.3. The van der Waals surface area contributed by atoms with Gasteiger partial charge in [-0.05, 0) is 38.0 Å². The normalized spacial score (nSPS) is 32.6. The average molecular weight is 290 g/mol. The van der Waals surface area contributed by atoms with E-state index in [0.29, 0.717) is 5.92 Å². The van der Waals surface area contributed by atoms with Crippen LogP contribution in [-0.2, 0) is 0 Å². The first-order chi connectivity index (χ1) is 8.76. The molecule has 1 fully saturated rings. The van der Waals surface area contributed by atoms with Crippen molar-refractivity contribution in [3.8, 4) is 6.07 Å². The summed E-state index contributed by atoms with van der Waals surface area (Å²) < 4.78 is 0. The Kier molecular flexibility index (Phi) is 8.90. The molecule has 0 radical (unpaired) electrons. The lowest BCUT2D eigenvalue weighted by Crippen LogP contribution is -2.07. The van der Waals surface area contributed by atoms with Gasteiger partial charge >= 0.3 is 0 Å². The maximum Gasteiger partial charge on any atom is 0.0656 e. The third-order valence-corrected chi connectivity index (χ3v) is 4.82. The van der Waals surface area contributed by atoms with Crippen LogP contribution in [0, 0.1) is 23.2 Å². The molecule has 1 saturated carbocycles. The summed E-state index contributed by atoms with van der Waals surface area (Å²) in [6.07, 6.45) is 11.5. The van der Waals surface area contributed by atoms with Gasteiger partial charge in [0, 0.05) is 17.2 Å². The van der Waals surface area contributed by atoms with Gasteiger partial charge in [-0.3, -0.25) is 0 Å². The highest BCUT2D eigenvalue weighted by atomic mass is 35.5. The van der Waals surface area contributed by atoms with E-state index in [1.807, 2.05) is 0 Å². The minimum absolute atomic E-state index is 0.164. The smallest absolute Gasteiger partial charge is 0.0656 e. The van der Waals surface area contributed by atoms with E-state index in [2.05, 4.69) is 6.07 Å². The Morgan fingerprint density at radius 2 is 1.56 bits per heavy atom. The highest BCUT2D eigenvalue weighted by Crippen LogP contribution is 2.25. The summed E-state index contributed by atoms with van der Waals surface area (Å²) in [5.74, 6) is 1.65. The van der Waals surface area contributed by atoms with Crippen LogP contribution in [0.15, 0.2) is 0 Å². The quantitative estimate of drug-likeness (QED) is 0.585. The van der Waals surface area contributed by atoms with Crippen molar-refractivity contribution in [2.45, 2.75) is 69.6 Å². The van der Waals surface area contributed by atoms with Gasteiger partial charge in [0.1, 0.15) is 0 Å². The molecule has 3 unspecified atom stereocenters. The van der Waals surface area contributed by atoms with Gasteiger partial charge in [-0.2, -0.15) is 5.26 Å². The zero-order valence-corrected chi connectivity index (χ0v) is 12.7. The van der Waals surface area contributed by atoms with E-state index >= 15 is 0 Å². The number of nitrogens with zero attached hydrogens (tertiary/aromatic N) is 1. The van der Waals surface area contributed by atoms with Crippen LogP contribution < -0.4 is 0 Å². The van der Waals surface area contributed by atoms with Crippen molar-refractivity contribution in [2.24, 2.45) is 11.8 Å². The highest BCUT2D eigenvalue weighted by Gasteiger charge is 2.15. The highest BCUT2D eigenvalue weighted by molar-refractivity contribution is 6.20. The molecule has 0 amide bonds. The molecule has 1 aliphatic carbocycles. The van der Waals surface area contributed by atoms with E-state index in [-0.39, 0.29) is 11.3 Å². The molecule has 0 aromatic heterocycles. The standard InChI is InChI=1S/C15H25Cl2N/c16-11-13-6-2-1-3-8-14(12-18)10-15(17)9-5-4-7-13/h13-15H,1-11H2. The van der Waals surface area contributed by atoms with Crippen LogP contribution in [0.25, 0.3) is 0 Å². The van der Waals surface area contributed by atoms with Gasteiger partial charge < -0.3 is 0 Å².